The Kier molecular flexibility index (Phi) is 14.5. The highest BCUT2D eigenvalue weighted by atomic mass is 79.9. The molecular weight excluding hydrogens is 571 g/mol. The zero-order valence-electron chi connectivity index (χ0n) is 17.0. The van der Waals surface area contributed by atoms with Gasteiger partial charge < -0.3 is 0 Å². The second kappa shape index (κ2) is 15.0. The van der Waals surface area contributed by atoms with Crippen molar-refractivity contribution in [3.63, 3.8) is 0 Å². The van der Waals surface area contributed by atoms with E-state index in [-0.39, 0.29) is 39.4 Å². The van der Waals surface area contributed by atoms with Crippen molar-refractivity contribution in [2.45, 2.75) is 20.8 Å². The summed E-state index contributed by atoms with van der Waals surface area (Å²) in [5.74, 6) is 6.03. The van der Waals surface area contributed by atoms with Crippen LogP contribution in [0.25, 0.3) is 0 Å². The van der Waals surface area contributed by atoms with Gasteiger partial charge >= 0.3 is 0 Å². The lowest BCUT2D eigenvalue weighted by atomic mass is 9.98. The summed E-state index contributed by atoms with van der Waals surface area (Å²) in [5, 5.41) is 4.98. The Bertz CT molecular complexity index is 755. The molecule has 0 aliphatic carbocycles. The quantitative estimate of drug-likeness (QED) is 0.172. The van der Waals surface area contributed by atoms with Crippen molar-refractivity contribution in [1.29, 1.82) is 0 Å². The Hall–Kier alpha value is -0.910. The van der Waals surface area contributed by atoms with E-state index >= 15 is 0 Å². The third-order valence-corrected chi connectivity index (χ3v) is 6.30. The number of benzene rings is 3. The van der Waals surface area contributed by atoms with Crippen LogP contribution in [0.5, 0.6) is 0 Å². The molecule has 0 radical (unpaired) electrons. The molecule has 29 heavy (non-hydrogen) atoms. The SMILES string of the molecule is Br.Br.CC(C)(C)C#CCBr.c1ccc(P(c2ccccc2)c2ccccc2)cc1. The van der Waals surface area contributed by atoms with Gasteiger partial charge in [-0.1, -0.05) is 119 Å². The minimum absolute atomic E-state index is 0. The predicted octanol–water partition coefficient (Wildman–Crippen LogP) is 7.03. The summed E-state index contributed by atoms with van der Waals surface area (Å²) in [6.45, 7) is 6.30. The fraction of sp³-hybridized carbons (Fsp3) is 0.200. The summed E-state index contributed by atoms with van der Waals surface area (Å²) in [4.78, 5) is 0. The van der Waals surface area contributed by atoms with Crippen LogP contribution in [0.15, 0.2) is 91.0 Å². The molecule has 3 rings (SSSR count). The van der Waals surface area contributed by atoms with Crippen molar-refractivity contribution in [2.24, 2.45) is 5.41 Å². The smallest absolute Gasteiger partial charge is 0.0645 e. The summed E-state index contributed by atoms with van der Waals surface area (Å²) in [6.07, 6.45) is 0. The van der Waals surface area contributed by atoms with E-state index < -0.39 is 7.92 Å². The largest absolute Gasteiger partial charge is 0.114 e. The first kappa shape index (κ1) is 28.1. The lowest BCUT2D eigenvalue weighted by Crippen LogP contribution is -2.20. The summed E-state index contributed by atoms with van der Waals surface area (Å²) in [6, 6.07) is 32.3. The van der Waals surface area contributed by atoms with Crippen LogP contribution in [0, 0.1) is 17.3 Å². The van der Waals surface area contributed by atoms with Gasteiger partial charge in [-0.3, -0.25) is 0 Å². The molecule has 4 heteroatoms. The molecule has 0 N–H and O–H groups in total. The molecule has 0 atom stereocenters. The van der Waals surface area contributed by atoms with Gasteiger partial charge in [0.1, 0.15) is 0 Å². The second-order valence-corrected chi connectivity index (χ2v) is 9.81. The van der Waals surface area contributed by atoms with Crippen molar-refractivity contribution in [3.8, 4) is 11.8 Å². The summed E-state index contributed by atoms with van der Waals surface area (Å²) < 4.78 is 0. The Morgan fingerprint density at radius 1 is 0.655 bits per heavy atom. The molecule has 0 nitrogen and oxygen atoms in total. The predicted molar refractivity (Wildman–Crippen MR) is 147 cm³/mol. The lowest BCUT2D eigenvalue weighted by molar-refractivity contribution is 0.571. The Balaban J connectivity index is 0.000000681. The van der Waals surface area contributed by atoms with Crippen molar-refractivity contribution in [2.75, 3.05) is 5.33 Å². The van der Waals surface area contributed by atoms with Gasteiger partial charge in [0.05, 0.1) is 5.33 Å². The molecule has 0 aliphatic heterocycles. The average molecular weight is 599 g/mol. The highest BCUT2D eigenvalue weighted by Gasteiger charge is 2.14. The van der Waals surface area contributed by atoms with E-state index in [2.05, 4.69) is 140 Å². The van der Waals surface area contributed by atoms with Gasteiger partial charge in [0.25, 0.3) is 0 Å². The third-order valence-electron chi connectivity index (χ3n) is 3.57. The molecule has 0 amide bonds. The minimum atomic E-state index is -0.446. The van der Waals surface area contributed by atoms with Crippen molar-refractivity contribution >= 4 is 73.7 Å². The van der Waals surface area contributed by atoms with Crippen LogP contribution < -0.4 is 15.9 Å². The molecule has 3 aromatic carbocycles. The van der Waals surface area contributed by atoms with Crippen LogP contribution in [0.4, 0.5) is 0 Å². The fourth-order valence-electron chi connectivity index (χ4n) is 2.48. The molecule has 0 spiro atoms. The number of alkyl halides is 1. The highest BCUT2D eigenvalue weighted by molar-refractivity contribution is 9.09. The van der Waals surface area contributed by atoms with Gasteiger partial charge in [-0.25, -0.2) is 0 Å². The van der Waals surface area contributed by atoms with Crippen LogP contribution in [0.3, 0.4) is 0 Å². The summed E-state index contributed by atoms with van der Waals surface area (Å²) >= 11 is 3.23. The topological polar surface area (TPSA) is 0 Å². The van der Waals surface area contributed by atoms with Crippen molar-refractivity contribution in [1.82, 2.24) is 0 Å². The van der Waals surface area contributed by atoms with Gasteiger partial charge in [0.15, 0.2) is 0 Å². The Morgan fingerprint density at radius 2 is 0.966 bits per heavy atom. The van der Waals surface area contributed by atoms with Crippen LogP contribution in [0.2, 0.25) is 0 Å². The standard InChI is InChI=1S/C18H15P.C7H11Br.2BrH/c1-4-10-16(11-5-1)19(17-12-6-2-7-13-17)18-14-8-3-9-15-18;1-7(2,3)5-4-6-8;;/h1-15H;6H2,1-3H3;2*1H. The van der Waals surface area contributed by atoms with Crippen LogP contribution >= 0.6 is 57.8 Å². The van der Waals surface area contributed by atoms with Gasteiger partial charge in [-0.15, -0.1) is 34.0 Å². The Morgan fingerprint density at radius 3 is 1.17 bits per heavy atom. The maximum absolute atomic E-state index is 3.23. The van der Waals surface area contributed by atoms with E-state index in [9.17, 15) is 0 Å². The van der Waals surface area contributed by atoms with Crippen LogP contribution in [-0.2, 0) is 0 Å². The number of halogens is 3. The molecular formula is C25H28Br3P. The molecule has 0 aliphatic rings. The molecule has 154 valence electrons. The number of rotatable bonds is 3. The molecule has 3 aromatic rings. The van der Waals surface area contributed by atoms with E-state index in [1.54, 1.807) is 0 Å². The van der Waals surface area contributed by atoms with E-state index in [4.69, 9.17) is 0 Å². The first-order valence-corrected chi connectivity index (χ1v) is 11.5. The van der Waals surface area contributed by atoms with Gasteiger partial charge in [-0.05, 0) is 44.6 Å². The zero-order valence-corrected chi connectivity index (χ0v) is 22.9. The van der Waals surface area contributed by atoms with Gasteiger partial charge in [0, 0.05) is 5.41 Å². The maximum Gasteiger partial charge on any atom is 0.0645 e. The molecule has 0 aromatic heterocycles. The molecule has 0 saturated carbocycles. The highest BCUT2D eigenvalue weighted by Crippen LogP contribution is 2.32. The molecule has 0 bridgehead atoms. The summed E-state index contributed by atoms with van der Waals surface area (Å²) in [7, 11) is -0.446. The Labute approximate surface area is 206 Å². The normalized spacial score (nSPS) is 9.69. The number of hydrogen-bond donors (Lipinski definition) is 0. The fourth-order valence-corrected chi connectivity index (χ4v) is 4.92. The minimum Gasteiger partial charge on any atom is -0.114 e. The maximum atomic E-state index is 3.23. The molecule has 0 unspecified atom stereocenters. The monoisotopic (exact) mass is 596 g/mol. The molecule has 0 fully saturated rings. The zero-order chi connectivity index (χ0) is 19.5. The third kappa shape index (κ3) is 10.6. The lowest BCUT2D eigenvalue weighted by Gasteiger charge is -2.18. The molecule has 0 heterocycles. The molecule has 0 saturated heterocycles. The van der Waals surface area contributed by atoms with Crippen molar-refractivity contribution in [3.05, 3.63) is 91.0 Å². The number of hydrogen-bond acceptors (Lipinski definition) is 0. The van der Waals surface area contributed by atoms with Gasteiger partial charge in [0.2, 0.25) is 0 Å². The van der Waals surface area contributed by atoms with Crippen molar-refractivity contribution < 1.29 is 0 Å². The van der Waals surface area contributed by atoms with E-state index in [1.165, 1.54) is 15.9 Å². The van der Waals surface area contributed by atoms with Crippen LogP contribution in [0.1, 0.15) is 20.8 Å². The van der Waals surface area contributed by atoms with Crippen LogP contribution in [-0.4, -0.2) is 5.33 Å². The van der Waals surface area contributed by atoms with E-state index in [1.807, 2.05) is 0 Å². The van der Waals surface area contributed by atoms with E-state index in [0.29, 0.717) is 0 Å². The van der Waals surface area contributed by atoms with E-state index in [0.717, 1.165) is 5.33 Å². The summed E-state index contributed by atoms with van der Waals surface area (Å²) in [5.41, 5.74) is 0.160. The first-order chi connectivity index (χ1) is 13.0. The second-order valence-electron chi connectivity index (χ2n) is 7.03. The first-order valence-electron chi connectivity index (χ1n) is 9.02. The average Bonchev–Trinajstić information content (AvgIpc) is 2.69. The van der Waals surface area contributed by atoms with Gasteiger partial charge in [-0.2, -0.15) is 0 Å².